The zero-order chi connectivity index (χ0) is 12.4. The van der Waals surface area contributed by atoms with Gasteiger partial charge in [0.25, 0.3) is 0 Å². The number of carboxylic acid groups (broad SMARTS) is 1. The van der Waals surface area contributed by atoms with Gasteiger partial charge in [0.1, 0.15) is 0 Å². The Morgan fingerprint density at radius 2 is 2.06 bits per heavy atom. The van der Waals surface area contributed by atoms with Crippen molar-refractivity contribution in [3.63, 3.8) is 0 Å². The van der Waals surface area contributed by atoms with Gasteiger partial charge >= 0.3 is 5.97 Å². The van der Waals surface area contributed by atoms with Crippen molar-refractivity contribution >= 4 is 5.97 Å². The van der Waals surface area contributed by atoms with Crippen LogP contribution in [-0.2, 0) is 4.79 Å². The second-order valence-corrected chi connectivity index (χ2v) is 5.68. The molecule has 98 valence electrons. The molecule has 4 nitrogen and oxygen atoms in total. The molecule has 0 aliphatic carbocycles. The Hall–Kier alpha value is -0.610. The highest BCUT2D eigenvalue weighted by Crippen LogP contribution is 2.31. The maximum absolute atomic E-state index is 10.7. The molecule has 2 bridgehead atoms. The third-order valence-electron chi connectivity index (χ3n) is 4.29. The van der Waals surface area contributed by atoms with Gasteiger partial charge in [-0.2, -0.15) is 0 Å². The van der Waals surface area contributed by atoms with Gasteiger partial charge < -0.3 is 10.0 Å². The van der Waals surface area contributed by atoms with E-state index in [1.807, 2.05) is 0 Å². The smallest absolute Gasteiger partial charge is 0.304 e. The molecule has 3 heterocycles. The van der Waals surface area contributed by atoms with Crippen molar-refractivity contribution in [3.05, 3.63) is 0 Å². The molecule has 4 heteroatoms. The van der Waals surface area contributed by atoms with Crippen LogP contribution in [-0.4, -0.2) is 59.1 Å². The summed E-state index contributed by atoms with van der Waals surface area (Å²) in [5.74, 6) is 0.105. The lowest BCUT2D eigenvalue weighted by molar-refractivity contribution is -0.137. The van der Waals surface area contributed by atoms with Crippen molar-refractivity contribution in [1.82, 2.24) is 9.80 Å². The second-order valence-electron chi connectivity index (χ2n) is 5.68. The molecule has 3 fully saturated rings. The van der Waals surface area contributed by atoms with E-state index in [1.165, 1.54) is 25.9 Å². The lowest BCUT2D eigenvalue weighted by Crippen LogP contribution is -2.59. The average molecular weight is 240 g/mol. The summed E-state index contributed by atoms with van der Waals surface area (Å²) in [7, 11) is 0. The van der Waals surface area contributed by atoms with Gasteiger partial charge in [0.2, 0.25) is 0 Å². The number of hydrogen-bond acceptors (Lipinski definition) is 3. The molecule has 1 N–H and O–H groups in total. The standard InChI is InChI=1S/C13H24N2O2/c1-10(2)15(8-5-13(16)17)12-9-14-6-3-11(12)4-7-14/h10-12H,3-9H2,1-2H3,(H,16,17). The van der Waals surface area contributed by atoms with Crippen molar-refractivity contribution < 1.29 is 9.90 Å². The van der Waals surface area contributed by atoms with Crippen LogP contribution in [0.25, 0.3) is 0 Å². The van der Waals surface area contributed by atoms with Gasteiger partial charge in [-0.05, 0) is 45.7 Å². The Labute approximate surface area is 104 Å². The van der Waals surface area contributed by atoms with Crippen LogP contribution < -0.4 is 0 Å². The predicted molar refractivity (Wildman–Crippen MR) is 67.0 cm³/mol. The van der Waals surface area contributed by atoms with Gasteiger partial charge in [0.15, 0.2) is 0 Å². The van der Waals surface area contributed by atoms with Crippen LogP contribution in [0.2, 0.25) is 0 Å². The van der Waals surface area contributed by atoms with Crippen molar-refractivity contribution in [2.24, 2.45) is 5.92 Å². The fraction of sp³-hybridized carbons (Fsp3) is 0.923. The first-order valence-electron chi connectivity index (χ1n) is 6.78. The fourth-order valence-corrected chi connectivity index (χ4v) is 3.34. The van der Waals surface area contributed by atoms with Crippen LogP contribution >= 0.6 is 0 Å². The number of fused-ring (bicyclic) bond motifs is 3. The van der Waals surface area contributed by atoms with Crippen LogP contribution in [0, 0.1) is 5.92 Å². The van der Waals surface area contributed by atoms with Crippen LogP contribution in [0.4, 0.5) is 0 Å². The molecule has 0 aromatic rings. The zero-order valence-corrected chi connectivity index (χ0v) is 10.9. The van der Waals surface area contributed by atoms with Gasteiger partial charge in [-0.1, -0.05) is 0 Å². The summed E-state index contributed by atoms with van der Waals surface area (Å²) in [6, 6.07) is 1.02. The minimum absolute atomic E-state index is 0.265. The Balaban J connectivity index is 1.98. The lowest BCUT2D eigenvalue weighted by atomic mass is 9.82. The van der Waals surface area contributed by atoms with Gasteiger partial charge in [0, 0.05) is 25.2 Å². The Bertz CT molecular complexity index is 273. The summed E-state index contributed by atoms with van der Waals surface area (Å²) >= 11 is 0. The monoisotopic (exact) mass is 240 g/mol. The van der Waals surface area contributed by atoms with E-state index in [9.17, 15) is 4.79 Å². The number of carbonyl (C=O) groups is 1. The second kappa shape index (κ2) is 5.36. The number of hydrogen-bond donors (Lipinski definition) is 1. The van der Waals surface area contributed by atoms with Gasteiger partial charge in [-0.15, -0.1) is 0 Å². The van der Waals surface area contributed by atoms with Gasteiger partial charge in [0.05, 0.1) is 6.42 Å². The molecule has 3 aliphatic heterocycles. The average Bonchev–Trinajstić information content (AvgIpc) is 2.30. The zero-order valence-electron chi connectivity index (χ0n) is 10.9. The Kier molecular flexibility index (Phi) is 4.05. The molecular formula is C13H24N2O2. The summed E-state index contributed by atoms with van der Waals surface area (Å²) in [5, 5.41) is 8.84. The van der Waals surface area contributed by atoms with E-state index in [4.69, 9.17) is 5.11 Å². The van der Waals surface area contributed by atoms with Crippen LogP contribution in [0.5, 0.6) is 0 Å². The number of carboxylic acids is 1. The summed E-state index contributed by atoms with van der Waals surface area (Å²) in [6.07, 6.45) is 2.85. The molecule has 0 radical (unpaired) electrons. The van der Waals surface area contributed by atoms with Gasteiger partial charge in [-0.25, -0.2) is 0 Å². The summed E-state index contributed by atoms with van der Waals surface area (Å²) < 4.78 is 0. The third kappa shape index (κ3) is 2.99. The Morgan fingerprint density at radius 3 is 2.47 bits per heavy atom. The van der Waals surface area contributed by atoms with Crippen molar-refractivity contribution in [3.8, 4) is 0 Å². The van der Waals surface area contributed by atoms with Crippen LogP contribution in [0.1, 0.15) is 33.1 Å². The van der Waals surface area contributed by atoms with E-state index in [1.54, 1.807) is 0 Å². The van der Waals surface area contributed by atoms with Crippen LogP contribution in [0.3, 0.4) is 0 Å². The molecule has 0 amide bonds. The highest BCUT2D eigenvalue weighted by atomic mass is 16.4. The molecule has 3 saturated heterocycles. The summed E-state index contributed by atoms with van der Waals surface area (Å²) in [5.41, 5.74) is 0. The fourth-order valence-electron chi connectivity index (χ4n) is 3.34. The maximum Gasteiger partial charge on any atom is 0.304 e. The maximum atomic E-state index is 10.7. The molecule has 0 spiro atoms. The first kappa shape index (κ1) is 12.8. The number of piperidine rings is 3. The minimum atomic E-state index is -0.683. The normalized spacial score (nSPS) is 32.4. The van der Waals surface area contributed by atoms with E-state index in [-0.39, 0.29) is 6.42 Å². The molecule has 0 aromatic carbocycles. The number of rotatable bonds is 5. The summed E-state index contributed by atoms with van der Waals surface area (Å²) in [4.78, 5) is 15.7. The Morgan fingerprint density at radius 1 is 1.41 bits per heavy atom. The molecule has 0 aromatic heterocycles. The SMILES string of the molecule is CC(C)N(CCC(=O)O)C1CN2CCC1CC2. The van der Waals surface area contributed by atoms with E-state index >= 15 is 0 Å². The van der Waals surface area contributed by atoms with E-state index in [0.717, 1.165) is 12.5 Å². The third-order valence-corrected chi connectivity index (χ3v) is 4.29. The van der Waals surface area contributed by atoms with Gasteiger partial charge in [-0.3, -0.25) is 9.69 Å². The largest absolute Gasteiger partial charge is 0.481 e. The van der Waals surface area contributed by atoms with Crippen molar-refractivity contribution in [1.29, 1.82) is 0 Å². The van der Waals surface area contributed by atoms with E-state index < -0.39 is 5.97 Å². The number of nitrogens with zero attached hydrogens (tertiary/aromatic N) is 2. The van der Waals surface area contributed by atoms with Crippen molar-refractivity contribution in [2.45, 2.75) is 45.2 Å². The first-order chi connectivity index (χ1) is 8.08. The molecule has 1 atom stereocenters. The van der Waals surface area contributed by atoms with Crippen LogP contribution in [0.15, 0.2) is 0 Å². The first-order valence-corrected chi connectivity index (χ1v) is 6.78. The molecule has 3 rings (SSSR count). The highest BCUT2D eigenvalue weighted by Gasteiger charge is 2.38. The van der Waals surface area contributed by atoms with Crippen molar-refractivity contribution in [2.75, 3.05) is 26.2 Å². The minimum Gasteiger partial charge on any atom is -0.481 e. The molecule has 17 heavy (non-hydrogen) atoms. The molecule has 3 aliphatic rings. The molecule has 0 saturated carbocycles. The molecular weight excluding hydrogens is 216 g/mol. The molecule has 1 unspecified atom stereocenters. The van der Waals surface area contributed by atoms with E-state index in [2.05, 4.69) is 23.6 Å². The van der Waals surface area contributed by atoms with E-state index in [0.29, 0.717) is 18.6 Å². The predicted octanol–water partition coefficient (Wildman–Crippen LogP) is 1.27. The quantitative estimate of drug-likeness (QED) is 0.786. The highest BCUT2D eigenvalue weighted by molar-refractivity contribution is 5.66. The lowest BCUT2D eigenvalue weighted by Gasteiger charge is -2.50. The topological polar surface area (TPSA) is 43.8 Å². The number of aliphatic carboxylic acids is 1. The summed E-state index contributed by atoms with van der Waals surface area (Å²) in [6.45, 7) is 8.68.